The van der Waals surface area contributed by atoms with Gasteiger partial charge in [-0.1, -0.05) is 0 Å². The predicted molar refractivity (Wildman–Crippen MR) is 77.1 cm³/mol. The van der Waals surface area contributed by atoms with Gasteiger partial charge in [-0.05, 0) is 27.7 Å². The number of nitro groups is 1. The maximum absolute atomic E-state index is 14.1. The number of benzene rings is 1. The molecule has 24 heavy (non-hydrogen) atoms. The Labute approximate surface area is 135 Å². The molecule has 0 bridgehead atoms. The van der Waals surface area contributed by atoms with Gasteiger partial charge in [-0.2, -0.15) is 13.2 Å². The lowest BCUT2D eigenvalue weighted by Gasteiger charge is -2.38. The Kier molecular flexibility index (Phi) is 5.34. The highest BCUT2D eigenvalue weighted by atomic mass is 19.4. The summed E-state index contributed by atoms with van der Waals surface area (Å²) in [4.78, 5) is 9.62. The van der Waals surface area contributed by atoms with Crippen LogP contribution in [-0.4, -0.2) is 33.4 Å². The molecule has 1 aromatic carbocycles. The predicted octanol–water partition coefficient (Wildman–Crippen LogP) is 2.01. The van der Waals surface area contributed by atoms with E-state index in [0.717, 1.165) is 0 Å². The summed E-state index contributed by atoms with van der Waals surface area (Å²) in [6.45, 7) is 5.25. The van der Waals surface area contributed by atoms with Crippen LogP contribution in [0, 0.1) is 15.9 Å². The number of hydrogen-bond donors (Lipinski definition) is 2. The topological polar surface area (TPSA) is 92.8 Å². The Morgan fingerprint density at radius 2 is 1.71 bits per heavy atom. The molecule has 0 radical (unpaired) electrons. The molecule has 0 spiro atoms. The molecule has 0 atom stereocenters. The van der Waals surface area contributed by atoms with Gasteiger partial charge < -0.3 is 14.8 Å². The van der Waals surface area contributed by atoms with Crippen molar-refractivity contribution < 1.29 is 37.3 Å². The highest BCUT2D eigenvalue weighted by molar-refractivity contribution is 6.60. The van der Waals surface area contributed by atoms with Crippen molar-refractivity contribution in [1.82, 2.24) is 0 Å². The Morgan fingerprint density at radius 1 is 1.21 bits per heavy atom. The van der Waals surface area contributed by atoms with Gasteiger partial charge in [0.15, 0.2) is 0 Å². The van der Waals surface area contributed by atoms with Crippen LogP contribution in [0.3, 0.4) is 0 Å². The summed E-state index contributed by atoms with van der Waals surface area (Å²) >= 11 is 0. The minimum absolute atomic E-state index is 0.0344. The van der Waals surface area contributed by atoms with Crippen LogP contribution in [0.5, 0.6) is 0 Å². The first-order valence-corrected chi connectivity index (χ1v) is 6.71. The fourth-order valence-electron chi connectivity index (χ4n) is 1.61. The van der Waals surface area contributed by atoms with E-state index in [2.05, 4.69) is 0 Å². The van der Waals surface area contributed by atoms with Crippen molar-refractivity contribution in [3.63, 3.8) is 0 Å². The van der Waals surface area contributed by atoms with Gasteiger partial charge in [0, 0.05) is 17.6 Å². The van der Waals surface area contributed by atoms with E-state index in [-0.39, 0.29) is 6.07 Å². The van der Waals surface area contributed by atoms with Crippen molar-refractivity contribution in [2.24, 2.45) is 0 Å². The van der Waals surface area contributed by atoms with E-state index >= 15 is 0 Å². The zero-order valence-electron chi connectivity index (χ0n) is 13.3. The Hall–Kier alpha value is -1.72. The van der Waals surface area contributed by atoms with Crippen LogP contribution in [0.4, 0.5) is 23.2 Å². The van der Waals surface area contributed by atoms with Gasteiger partial charge in [-0.25, -0.2) is 4.39 Å². The SMILES string of the molecule is CC(C)(O)C(C)(C)OB(O)c1cc([N+](=O)[O-])cc(C(F)(F)F)c1F. The summed E-state index contributed by atoms with van der Waals surface area (Å²) in [6, 6.07) is 0.488. The molecule has 0 fully saturated rings. The standard InChI is InChI=1S/C13H16BF4NO5/c1-11(2,20)12(3,4)24-14(21)9-6-7(19(22)23)5-8(10(9)15)13(16,17)18/h5-6,20-21H,1-4H3. The first-order valence-electron chi connectivity index (χ1n) is 6.71. The molecular weight excluding hydrogens is 337 g/mol. The summed E-state index contributed by atoms with van der Waals surface area (Å²) in [7, 11) is -2.26. The summed E-state index contributed by atoms with van der Waals surface area (Å²) in [5, 5.41) is 30.6. The van der Waals surface area contributed by atoms with Crippen molar-refractivity contribution in [3.05, 3.63) is 33.6 Å². The van der Waals surface area contributed by atoms with Gasteiger partial charge >= 0.3 is 13.3 Å². The molecule has 6 nitrogen and oxygen atoms in total. The third-order valence-electron chi connectivity index (χ3n) is 3.75. The number of nitro benzene ring substituents is 1. The molecule has 0 saturated heterocycles. The number of rotatable bonds is 5. The normalized spacial score (nSPS) is 13.1. The molecule has 11 heteroatoms. The van der Waals surface area contributed by atoms with Crippen molar-refractivity contribution in [3.8, 4) is 0 Å². The summed E-state index contributed by atoms with van der Waals surface area (Å²) < 4.78 is 57.6. The van der Waals surface area contributed by atoms with Crippen LogP contribution in [0.15, 0.2) is 12.1 Å². The summed E-state index contributed by atoms with van der Waals surface area (Å²) in [5.41, 5.74) is -7.04. The maximum Gasteiger partial charge on any atom is 0.494 e. The monoisotopic (exact) mass is 353 g/mol. The number of alkyl halides is 3. The number of non-ortho nitro benzene ring substituents is 1. The zero-order valence-corrected chi connectivity index (χ0v) is 13.3. The molecule has 1 rings (SSSR count). The Balaban J connectivity index is 3.42. The van der Waals surface area contributed by atoms with E-state index in [4.69, 9.17) is 4.65 Å². The fourth-order valence-corrected chi connectivity index (χ4v) is 1.61. The van der Waals surface area contributed by atoms with Gasteiger partial charge in [-0.3, -0.25) is 10.1 Å². The van der Waals surface area contributed by atoms with Crippen LogP contribution >= 0.6 is 0 Å². The number of nitrogens with zero attached hydrogens (tertiary/aromatic N) is 1. The zero-order chi connectivity index (χ0) is 19.1. The number of hydrogen-bond acceptors (Lipinski definition) is 5. The fraction of sp³-hybridized carbons (Fsp3) is 0.538. The lowest BCUT2D eigenvalue weighted by molar-refractivity contribution is -0.385. The second-order valence-electron chi connectivity index (χ2n) is 6.19. The van der Waals surface area contributed by atoms with E-state index in [0.29, 0.717) is 6.07 Å². The van der Waals surface area contributed by atoms with Gasteiger partial charge in [-0.15, -0.1) is 0 Å². The Bertz CT molecular complexity index is 642. The van der Waals surface area contributed by atoms with Crippen LogP contribution in [-0.2, 0) is 10.8 Å². The largest absolute Gasteiger partial charge is 0.494 e. The summed E-state index contributed by atoms with van der Waals surface area (Å²) in [6.07, 6.45) is -5.20. The highest BCUT2D eigenvalue weighted by Crippen LogP contribution is 2.33. The van der Waals surface area contributed by atoms with Crippen LogP contribution in [0.1, 0.15) is 33.3 Å². The first-order chi connectivity index (χ1) is 10.6. The third-order valence-corrected chi connectivity index (χ3v) is 3.75. The van der Waals surface area contributed by atoms with Crippen molar-refractivity contribution in [2.45, 2.75) is 45.1 Å². The van der Waals surface area contributed by atoms with Gasteiger partial charge in [0.05, 0.1) is 21.7 Å². The molecule has 2 N–H and O–H groups in total. The van der Waals surface area contributed by atoms with Crippen LogP contribution in [0.25, 0.3) is 0 Å². The van der Waals surface area contributed by atoms with Gasteiger partial charge in [0.1, 0.15) is 5.82 Å². The average molecular weight is 353 g/mol. The summed E-state index contributed by atoms with van der Waals surface area (Å²) in [5.74, 6) is -1.88. The number of aliphatic hydroxyl groups is 1. The molecule has 0 aliphatic carbocycles. The highest BCUT2D eigenvalue weighted by Gasteiger charge is 2.43. The Morgan fingerprint density at radius 3 is 2.08 bits per heavy atom. The molecule has 1 aromatic rings. The van der Waals surface area contributed by atoms with E-state index in [9.17, 15) is 37.8 Å². The quantitative estimate of drug-likeness (QED) is 0.366. The molecule has 0 amide bonds. The first kappa shape index (κ1) is 20.3. The van der Waals surface area contributed by atoms with Crippen molar-refractivity contribution in [2.75, 3.05) is 0 Å². The molecule has 0 aromatic heterocycles. The molecule has 0 aliphatic heterocycles. The third kappa shape index (κ3) is 4.22. The molecule has 0 saturated carbocycles. The lowest BCUT2D eigenvalue weighted by Crippen LogP contribution is -2.53. The lowest BCUT2D eigenvalue weighted by atomic mass is 9.75. The molecule has 0 aliphatic rings. The van der Waals surface area contributed by atoms with E-state index in [1.54, 1.807) is 0 Å². The molecule has 0 unspecified atom stereocenters. The van der Waals surface area contributed by atoms with E-state index in [1.165, 1.54) is 27.7 Å². The average Bonchev–Trinajstić information content (AvgIpc) is 2.34. The van der Waals surface area contributed by atoms with Crippen LogP contribution in [0.2, 0.25) is 0 Å². The molecule has 134 valence electrons. The van der Waals surface area contributed by atoms with Crippen molar-refractivity contribution in [1.29, 1.82) is 0 Å². The second kappa shape index (κ2) is 6.30. The minimum Gasteiger partial charge on any atom is -0.423 e. The minimum atomic E-state index is -5.20. The van der Waals surface area contributed by atoms with Crippen LogP contribution < -0.4 is 5.46 Å². The van der Waals surface area contributed by atoms with E-state index in [1.807, 2.05) is 0 Å². The second-order valence-corrected chi connectivity index (χ2v) is 6.19. The van der Waals surface area contributed by atoms with Crippen molar-refractivity contribution >= 4 is 18.3 Å². The number of halogens is 4. The maximum atomic E-state index is 14.1. The smallest absolute Gasteiger partial charge is 0.423 e. The molecule has 0 heterocycles. The van der Waals surface area contributed by atoms with Gasteiger partial charge in [0.25, 0.3) is 5.69 Å². The van der Waals surface area contributed by atoms with E-state index < -0.39 is 52.0 Å². The van der Waals surface area contributed by atoms with Gasteiger partial charge in [0.2, 0.25) is 0 Å². The molecular formula is C13H16BF4NO5.